The summed E-state index contributed by atoms with van der Waals surface area (Å²) in [6.45, 7) is 8.86. The van der Waals surface area contributed by atoms with E-state index in [9.17, 15) is 0 Å². The normalized spacial score (nSPS) is 13.6. The van der Waals surface area contributed by atoms with Gasteiger partial charge in [-0.15, -0.1) is 0 Å². The van der Waals surface area contributed by atoms with Crippen molar-refractivity contribution >= 4 is 17.1 Å². The molecule has 0 unspecified atom stereocenters. The molecule has 0 N–H and O–H groups in total. The van der Waals surface area contributed by atoms with Crippen LogP contribution >= 0.6 is 0 Å². The Labute approximate surface area is 395 Å². The molecule has 0 fully saturated rings. The number of hydrogen-bond donors (Lipinski definition) is 0. The van der Waals surface area contributed by atoms with Crippen molar-refractivity contribution in [1.29, 1.82) is 0 Å². The average molecular weight is 858 g/mol. The summed E-state index contributed by atoms with van der Waals surface area (Å²) in [5, 5.41) is 0. The van der Waals surface area contributed by atoms with E-state index in [1.54, 1.807) is 0 Å². The first-order chi connectivity index (χ1) is 32.8. The van der Waals surface area contributed by atoms with Gasteiger partial charge in [-0.3, -0.25) is 0 Å². The van der Waals surface area contributed by atoms with Crippen LogP contribution in [0.3, 0.4) is 0 Å². The molecule has 1 heteroatoms. The second-order valence-corrected chi connectivity index (χ2v) is 18.7. The van der Waals surface area contributed by atoms with Gasteiger partial charge in [-0.05, 0) is 130 Å². The molecule has 10 aromatic carbocycles. The maximum atomic E-state index is 2.53. The lowest BCUT2D eigenvalue weighted by molar-refractivity contribution is 0.765. The van der Waals surface area contributed by atoms with Gasteiger partial charge in [0.2, 0.25) is 0 Å². The van der Waals surface area contributed by atoms with Crippen LogP contribution in [-0.4, -0.2) is 0 Å². The van der Waals surface area contributed by atoms with Gasteiger partial charge in [0.15, 0.2) is 0 Å². The van der Waals surface area contributed by atoms with E-state index in [4.69, 9.17) is 0 Å². The van der Waals surface area contributed by atoms with Crippen LogP contribution in [0.1, 0.15) is 66.8 Å². The Morgan fingerprint density at radius 2 is 0.627 bits per heavy atom. The second-order valence-electron chi connectivity index (χ2n) is 18.7. The predicted octanol–water partition coefficient (Wildman–Crippen LogP) is 16.8. The summed E-state index contributed by atoms with van der Waals surface area (Å²) in [6, 6.07) is 89.2. The largest absolute Gasteiger partial charge is 0.310 e. The van der Waals surface area contributed by atoms with Crippen molar-refractivity contribution in [1.82, 2.24) is 0 Å². The molecule has 1 nitrogen and oxygen atoms in total. The van der Waals surface area contributed by atoms with Crippen LogP contribution in [0.4, 0.5) is 17.1 Å². The zero-order valence-corrected chi connectivity index (χ0v) is 38.5. The molecule has 0 atom stereocenters. The number of aryl methyl sites for hydroxylation is 4. The third kappa shape index (κ3) is 6.22. The Kier molecular flexibility index (Phi) is 9.59. The first kappa shape index (κ1) is 40.5. The molecule has 67 heavy (non-hydrogen) atoms. The first-order valence-corrected chi connectivity index (χ1v) is 23.6. The van der Waals surface area contributed by atoms with Gasteiger partial charge in [-0.25, -0.2) is 0 Å². The minimum Gasteiger partial charge on any atom is -0.310 e. The number of hydrogen-bond acceptors (Lipinski definition) is 1. The van der Waals surface area contributed by atoms with E-state index in [-0.39, 0.29) is 0 Å². The van der Waals surface area contributed by atoms with E-state index in [2.05, 4.69) is 269 Å². The van der Waals surface area contributed by atoms with Gasteiger partial charge in [-0.1, -0.05) is 229 Å². The van der Waals surface area contributed by atoms with Gasteiger partial charge >= 0.3 is 0 Å². The molecule has 0 aliphatic heterocycles. The fourth-order valence-corrected chi connectivity index (χ4v) is 11.9. The van der Waals surface area contributed by atoms with Gasteiger partial charge in [0.05, 0.1) is 16.5 Å². The van der Waals surface area contributed by atoms with Crippen molar-refractivity contribution in [3.63, 3.8) is 0 Å². The molecule has 0 saturated carbocycles. The molecule has 10 aromatic rings. The molecule has 0 radical (unpaired) electrons. The van der Waals surface area contributed by atoms with Crippen molar-refractivity contribution in [3.8, 4) is 33.4 Å². The second kappa shape index (κ2) is 15.9. The number of para-hydroxylation sites is 1. The number of nitrogens with zero attached hydrogens (tertiary/aromatic N) is 1. The Morgan fingerprint density at radius 3 is 1.04 bits per heavy atom. The zero-order valence-electron chi connectivity index (χ0n) is 38.5. The van der Waals surface area contributed by atoms with E-state index < -0.39 is 10.8 Å². The molecule has 2 aliphatic carbocycles. The van der Waals surface area contributed by atoms with Crippen molar-refractivity contribution in [2.45, 2.75) is 38.5 Å². The van der Waals surface area contributed by atoms with Crippen LogP contribution in [0.25, 0.3) is 33.4 Å². The van der Waals surface area contributed by atoms with Crippen molar-refractivity contribution in [2.24, 2.45) is 0 Å². The van der Waals surface area contributed by atoms with Crippen LogP contribution in [0.2, 0.25) is 0 Å². The van der Waals surface area contributed by atoms with E-state index in [1.807, 2.05) is 0 Å². The summed E-state index contributed by atoms with van der Waals surface area (Å²) < 4.78 is 0. The fourth-order valence-electron chi connectivity index (χ4n) is 11.9. The first-order valence-electron chi connectivity index (χ1n) is 23.6. The fraction of sp³-hybridized carbons (Fsp3) is 0.0909. The van der Waals surface area contributed by atoms with Crippen molar-refractivity contribution in [2.75, 3.05) is 4.90 Å². The zero-order chi connectivity index (χ0) is 45.3. The third-order valence-corrected chi connectivity index (χ3v) is 14.6. The summed E-state index contributed by atoms with van der Waals surface area (Å²) in [5.41, 5.74) is 24.9. The average Bonchev–Trinajstić information content (AvgIpc) is 3.82. The van der Waals surface area contributed by atoms with Gasteiger partial charge in [0.1, 0.15) is 0 Å². The Hall–Kier alpha value is -8.00. The maximum Gasteiger partial charge on any atom is 0.0714 e. The summed E-state index contributed by atoms with van der Waals surface area (Å²) in [6.07, 6.45) is 0. The summed E-state index contributed by atoms with van der Waals surface area (Å²) >= 11 is 0. The minimum absolute atomic E-state index is 0.560. The molecule has 0 heterocycles. The van der Waals surface area contributed by atoms with E-state index in [1.165, 1.54) is 100 Å². The topological polar surface area (TPSA) is 3.24 Å². The van der Waals surface area contributed by atoms with Gasteiger partial charge in [-0.2, -0.15) is 0 Å². The molecular formula is C66H51N. The summed E-state index contributed by atoms with van der Waals surface area (Å²) in [7, 11) is 0. The number of benzene rings is 10. The standard InChI is InChI=1S/C66H51N/c1-44-18-14-24-49(38-44)65(50-25-15-19-45(2)39-50)60-31-11-8-29-56(60)58-36-34-53(42-62(58)65)67(64-33-13-10-28-55(64)48-22-6-5-7-23-48)54-35-37-59-57-30-9-12-32-61(57)66(63(59)43-54,51-26-16-20-46(3)40-51)52-27-17-21-47(4)41-52/h5-43H,1-4H3. The Bertz CT molecular complexity index is 3250. The van der Waals surface area contributed by atoms with Crippen LogP contribution in [-0.2, 0) is 10.8 Å². The SMILES string of the molecule is Cc1cccc(C2(c3cccc(C)c3)c3ccccc3-c3ccc(N(c4ccc5c(c4)C(c4cccc(C)c4)(c4cccc(C)c4)c4ccccc4-5)c4ccccc4-c4ccccc4)cc32)c1. The number of fused-ring (bicyclic) bond motifs is 6. The molecule has 0 spiro atoms. The van der Waals surface area contributed by atoms with Gasteiger partial charge < -0.3 is 4.90 Å². The van der Waals surface area contributed by atoms with Crippen LogP contribution < -0.4 is 4.90 Å². The van der Waals surface area contributed by atoms with Gasteiger partial charge in [0.25, 0.3) is 0 Å². The highest BCUT2D eigenvalue weighted by Crippen LogP contribution is 2.60. The maximum absolute atomic E-state index is 2.53. The Morgan fingerprint density at radius 1 is 0.269 bits per heavy atom. The Balaban J connectivity index is 1.18. The van der Waals surface area contributed by atoms with E-state index in [0.29, 0.717) is 0 Å². The lowest BCUT2D eigenvalue weighted by Crippen LogP contribution is -2.29. The molecule has 12 rings (SSSR count). The van der Waals surface area contributed by atoms with E-state index >= 15 is 0 Å². The predicted molar refractivity (Wildman–Crippen MR) is 280 cm³/mol. The monoisotopic (exact) mass is 857 g/mol. The summed E-state index contributed by atoms with van der Waals surface area (Å²) in [4.78, 5) is 2.53. The quantitative estimate of drug-likeness (QED) is 0.147. The lowest BCUT2D eigenvalue weighted by atomic mass is 9.67. The van der Waals surface area contributed by atoms with Crippen molar-refractivity contribution in [3.05, 3.63) is 303 Å². The molecule has 0 aromatic heterocycles. The minimum atomic E-state index is -0.560. The smallest absolute Gasteiger partial charge is 0.0714 e. The number of anilines is 3. The molecule has 0 bridgehead atoms. The molecule has 320 valence electrons. The highest BCUT2D eigenvalue weighted by Gasteiger charge is 2.48. The molecule has 2 aliphatic rings. The van der Waals surface area contributed by atoms with Gasteiger partial charge in [0, 0.05) is 16.9 Å². The lowest BCUT2D eigenvalue weighted by Gasteiger charge is -2.36. The van der Waals surface area contributed by atoms with Crippen molar-refractivity contribution < 1.29 is 0 Å². The summed E-state index contributed by atoms with van der Waals surface area (Å²) in [5.74, 6) is 0. The van der Waals surface area contributed by atoms with Crippen LogP contribution in [0.15, 0.2) is 237 Å². The van der Waals surface area contributed by atoms with Crippen LogP contribution in [0.5, 0.6) is 0 Å². The third-order valence-electron chi connectivity index (χ3n) is 14.6. The highest BCUT2D eigenvalue weighted by atomic mass is 15.1. The van der Waals surface area contributed by atoms with Crippen LogP contribution in [0, 0.1) is 27.7 Å². The van der Waals surface area contributed by atoms with E-state index in [0.717, 1.165) is 17.1 Å². The number of rotatable bonds is 8. The molecule has 0 saturated heterocycles. The molecular weight excluding hydrogens is 807 g/mol. The molecule has 0 amide bonds. The highest BCUT2D eigenvalue weighted by molar-refractivity contribution is 5.95.